The summed E-state index contributed by atoms with van der Waals surface area (Å²) in [5.41, 5.74) is 6.21. The minimum absolute atomic E-state index is 0.277. The minimum atomic E-state index is -1.18. The number of nitrogens with two attached hydrogens (primary N) is 6. The Labute approximate surface area is 427 Å². The predicted octanol–water partition coefficient (Wildman–Crippen LogP) is 7.10. The number of rotatable bonds is 12. The fraction of sp³-hybridized carbons (Fsp3) is 0.417. The standard InChI is InChI=1S/C48H60N4O10S4.2H4N2/c1-45(2,3)25-13-29-41(59-21-37(53)51-49)30(14-25)64-34-18-28(48(10,11)12)20-36(44(34)62-24-40(57)58)66-32-16-26(46(4,5)6)15-31(42(32)60-22-38(54)52-50)65-35-19-27(47(7,8)9)17-33(63-29)43(35)61-23-39(55)56;2*1-2/h13-20H,21-24,49-50H2,1-12H3,(H,51,53)(H,52,54)(H,55,56)(H,57,58);2*1-2H2. The van der Waals surface area contributed by atoms with Crippen LogP contribution in [0.3, 0.4) is 0 Å². The molecule has 18 nitrogen and oxygen atoms in total. The van der Waals surface area contributed by atoms with Crippen LogP contribution < -0.4 is 64.9 Å². The van der Waals surface area contributed by atoms with Crippen LogP contribution in [0.1, 0.15) is 105 Å². The number of benzene rings is 4. The summed E-state index contributed by atoms with van der Waals surface area (Å²) in [6, 6.07) is 15.8. The van der Waals surface area contributed by atoms with Gasteiger partial charge in [0, 0.05) is 0 Å². The fourth-order valence-corrected chi connectivity index (χ4v) is 11.1. The molecule has 22 heteroatoms. The van der Waals surface area contributed by atoms with Crippen LogP contribution in [-0.2, 0) is 40.8 Å². The molecular weight excluding hydrogens is 977 g/mol. The summed E-state index contributed by atoms with van der Waals surface area (Å²) in [4.78, 5) is 54.7. The van der Waals surface area contributed by atoms with Gasteiger partial charge >= 0.3 is 11.9 Å². The lowest BCUT2D eigenvalue weighted by Gasteiger charge is -2.28. The third-order valence-electron chi connectivity index (χ3n) is 10.1. The lowest BCUT2D eigenvalue weighted by Crippen LogP contribution is -2.34. The van der Waals surface area contributed by atoms with Gasteiger partial charge in [-0.3, -0.25) is 43.8 Å². The van der Waals surface area contributed by atoms with Gasteiger partial charge in [-0.1, -0.05) is 130 Å². The zero-order chi connectivity index (χ0) is 53.1. The first-order valence-electron chi connectivity index (χ1n) is 21.6. The highest BCUT2D eigenvalue weighted by Gasteiger charge is 2.31. The average molecular weight is 1050 g/mol. The molecule has 16 N–H and O–H groups in total. The van der Waals surface area contributed by atoms with Crippen LogP contribution in [0.2, 0.25) is 0 Å². The van der Waals surface area contributed by atoms with Crippen molar-refractivity contribution in [2.45, 2.75) is 144 Å². The van der Waals surface area contributed by atoms with Gasteiger partial charge in [-0.05, 0) is 92.4 Å². The van der Waals surface area contributed by atoms with Gasteiger partial charge in [0.1, 0.15) is 23.0 Å². The van der Waals surface area contributed by atoms with Crippen molar-refractivity contribution in [3.8, 4) is 23.0 Å². The van der Waals surface area contributed by atoms with Gasteiger partial charge in [0.25, 0.3) is 11.8 Å². The highest BCUT2D eigenvalue weighted by Crippen LogP contribution is 2.56. The molecule has 0 saturated carbocycles. The summed E-state index contributed by atoms with van der Waals surface area (Å²) in [5, 5.41) is 20.0. The Hall–Kier alpha value is -4.88. The zero-order valence-electron chi connectivity index (χ0n) is 41.7. The van der Waals surface area contributed by atoms with Gasteiger partial charge in [-0.2, -0.15) is 0 Å². The fourth-order valence-electron chi connectivity index (χ4n) is 6.31. The first-order chi connectivity index (χ1) is 32.6. The molecule has 0 spiro atoms. The van der Waals surface area contributed by atoms with Crippen molar-refractivity contribution in [2.75, 3.05) is 26.4 Å². The van der Waals surface area contributed by atoms with Crippen molar-refractivity contribution >= 4 is 70.8 Å². The second kappa shape index (κ2) is 25.0. The van der Waals surface area contributed by atoms with Crippen molar-refractivity contribution in [2.24, 2.45) is 35.1 Å². The molecule has 0 unspecified atom stereocenters. The van der Waals surface area contributed by atoms with E-state index in [0.717, 1.165) is 22.3 Å². The van der Waals surface area contributed by atoms with E-state index in [1.165, 1.54) is 47.0 Å². The lowest BCUT2D eigenvalue weighted by atomic mass is 9.87. The third kappa shape index (κ3) is 16.1. The van der Waals surface area contributed by atoms with Gasteiger partial charge in [-0.15, -0.1) is 0 Å². The molecule has 0 radical (unpaired) electrons. The highest BCUT2D eigenvalue weighted by molar-refractivity contribution is 8.01. The largest absolute Gasteiger partial charge is 0.481 e. The van der Waals surface area contributed by atoms with Crippen LogP contribution in [-0.4, -0.2) is 60.4 Å². The summed E-state index contributed by atoms with van der Waals surface area (Å²) in [5.74, 6) is 24.7. The molecule has 2 amide bonds. The molecule has 4 aromatic rings. The molecule has 1 aliphatic heterocycles. The number of carboxylic acids is 2. The summed E-state index contributed by atoms with van der Waals surface area (Å²) in [7, 11) is 0. The summed E-state index contributed by atoms with van der Waals surface area (Å²) >= 11 is 5.15. The Morgan fingerprint density at radius 2 is 0.571 bits per heavy atom. The monoisotopic (exact) mass is 1040 g/mol. The van der Waals surface area contributed by atoms with E-state index in [9.17, 15) is 29.4 Å². The van der Waals surface area contributed by atoms with E-state index in [1.54, 1.807) is 0 Å². The van der Waals surface area contributed by atoms with Crippen LogP contribution in [0.5, 0.6) is 23.0 Å². The maximum atomic E-state index is 12.8. The molecule has 70 heavy (non-hydrogen) atoms. The van der Waals surface area contributed by atoms with Gasteiger partial charge in [0.2, 0.25) is 0 Å². The molecular formula is C48H68N8O10S4. The molecule has 0 atom stereocenters. The molecule has 4 aromatic carbocycles. The molecule has 0 aliphatic carbocycles. The highest BCUT2D eigenvalue weighted by atomic mass is 32.2. The number of aliphatic carboxylic acids is 2. The molecule has 384 valence electrons. The van der Waals surface area contributed by atoms with Crippen molar-refractivity contribution in [3.05, 3.63) is 70.8 Å². The first kappa shape index (κ1) is 59.4. The summed E-state index contributed by atoms with van der Waals surface area (Å²) in [6.07, 6.45) is 0. The van der Waals surface area contributed by atoms with E-state index >= 15 is 0 Å². The lowest BCUT2D eigenvalue weighted by molar-refractivity contribution is -0.140. The van der Waals surface area contributed by atoms with Gasteiger partial charge in [0.15, 0.2) is 26.4 Å². The third-order valence-corrected chi connectivity index (χ3v) is 14.3. The van der Waals surface area contributed by atoms with Crippen LogP contribution in [0.25, 0.3) is 0 Å². The molecule has 0 fully saturated rings. The molecule has 5 rings (SSSR count). The number of nitrogens with one attached hydrogen (secondary N) is 2. The van der Waals surface area contributed by atoms with Crippen molar-refractivity contribution in [1.82, 2.24) is 10.9 Å². The molecule has 0 saturated heterocycles. The van der Waals surface area contributed by atoms with Crippen molar-refractivity contribution in [1.29, 1.82) is 0 Å². The maximum absolute atomic E-state index is 12.8. The maximum Gasteiger partial charge on any atom is 0.341 e. The molecule has 1 aliphatic rings. The number of fused-ring (bicyclic) bond motifs is 8. The number of amides is 2. The van der Waals surface area contributed by atoms with Crippen LogP contribution in [0.15, 0.2) is 87.7 Å². The van der Waals surface area contributed by atoms with E-state index in [1.807, 2.05) is 48.5 Å². The van der Waals surface area contributed by atoms with E-state index in [4.69, 9.17) is 30.6 Å². The van der Waals surface area contributed by atoms with Crippen LogP contribution in [0.4, 0.5) is 0 Å². The quantitative estimate of drug-likeness (QED) is 0.0338. The second-order valence-electron chi connectivity index (χ2n) is 19.7. The topological polar surface area (TPSA) is 326 Å². The smallest absolute Gasteiger partial charge is 0.341 e. The molecule has 0 aromatic heterocycles. The average Bonchev–Trinajstić information content (AvgIpc) is 3.26. The van der Waals surface area contributed by atoms with Gasteiger partial charge < -0.3 is 29.2 Å². The second-order valence-corrected chi connectivity index (χ2v) is 24.0. The van der Waals surface area contributed by atoms with E-state index in [0.29, 0.717) is 50.7 Å². The number of carbonyl (C=O) groups is 4. The van der Waals surface area contributed by atoms with Gasteiger partial charge in [0.05, 0.1) is 39.2 Å². The number of ether oxygens (including phenoxy) is 4. The Bertz CT molecular complexity index is 2270. The van der Waals surface area contributed by atoms with Crippen LogP contribution >= 0.6 is 47.0 Å². The van der Waals surface area contributed by atoms with E-state index in [-0.39, 0.29) is 11.5 Å². The Balaban J connectivity index is 0.00000316. The van der Waals surface area contributed by atoms with Crippen molar-refractivity contribution in [3.63, 3.8) is 0 Å². The number of carboxylic acid groups (broad SMARTS) is 2. The Morgan fingerprint density at radius 3 is 0.714 bits per heavy atom. The van der Waals surface area contributed by atoms with Crippen molar-refractivity contribution < 1.29 is 48.3 Å². The van der Waals surface area contributed by atoms with E-state index < -0.39 is 71.8 Å². The normalized spacial score (nSPS) is 12.5. The number of hydrogen-bond donors (Lipinski definition) is 10. The van der Waals surface area contributed by atoms with Gasteiger partial charge in [-0.25, -0.2) is 21.3 Å². The number of carbonyl (C=O) groups excluding carboxylic acids is 2. The first-order valence-corrected chi connectivity index (χ1v) is 24.9. The molecule has 1 heterocycles. The zero-order valence-corrected chi connectivity index (χ0v) is 45.0. The predicted molar refractivity (Wildman–Crippen MR) is 276 cm³/mol. The Kier molecular flexibility index (Phi) is 21.2. The minimum Gasteiger partial charge on any atom is -0.481 e. The van der Waals surface area contributed by atoms with Crippen LogP contribution in [0, 0.1) is 0 Å². The summed E-state index contributed by atoms with van der Waals surface area (Å²) in [6.45, 7) is 22.7. The molecule has 8 bridgehead atoms. The Morgan fingerprint density at radius 1 is 0.400 bits per heavy atom. The van der Waals surface area contributed by atoms with E-state index in [2.05, 4.69) is 117 Å². The number of hydrazine groups is 4. The summed E-state index contributed by atoms with van der Waals surface area (Å²) < 4.78 is 25.4. The SMILES string of the molecule is CC(C)(C)c1cc2c(OCC(=O)O)c(c1)Sc1cc(C(C)(C)C)cc(c1OCC(=O)NN)Sc1cc(C(C)(C)C)cc(c1OCC(=O)O)Sc1cc(C(C)(C)C)cc(c1OCC(=O)NN)S2.NN.NN. The number of hydrogen-bond acceptors (Lipinski definition) is 18.